The van der Waals surface area contributed by atoms with Gasteiger partial charge >= 0.3 is 0 Å². The molecular weight excluding hydrogens is 246 g/mol. The molecule has 20 heavy (non-hydrogen) atoms. The van der Waals surface area contributed by atoms with Gasteiger partial charge in [-0.3, -0.25) is 0 Å². The molecule has 1 N–H and O–H groups in total. The molecule has 0 amide bonds. The zero-order valence-electron chi connectivity index (χ0n) is 13.3. The molecule has 0 aliphatic heterocycles. The van der Waals surface area contributed by atoms with Crippen LogP contribution in [0.3, 0.4) is 0 Å². The van der Waals surface area contributed by atoms with Crippen molar-refractivity contribution in [1.29, 1.82) is 0 Å². The van der Waals surface area contributed by atoms with Crippen LogP contribution in [0.1, 0.15) is 50.3 Å². The first-order chi connectivity index (χ1) is 9.72. The summed E-state index contributed by atoms with van der Waals surface area (Å²) >= 11 is 0. The Morgan fingerprint density at radius 2 is 2.05 bits per heavy atom. The first kappa shape index (κ1) is 15.3. The van der Waals surface area contributed by atoms with E-state index in [2.05, 4.69) is 36.3 Å². The molecule has 3 heteroatoms. The number of anilines is 1. The second-order valence-corrected chi connectivity index (χ2v) is 6.14. The fraction of sp³-hybridized carbons (Fsp3) is 0.706. The second kappa shape index (κ2) is 7.63. The Morgan fingerprint density at radius 3 is 2.70 bits per heavy atom. The van der Waals surface area contributed by atoms with Crippen LogP contribution in [0.15, 0.2) is 12.1 Å². The molecule has 2 rings (SSSR count). The average molecular weight is 275 g/mol. The molecule has 1 heterocycles. The third kappa shape index (κ3) is 4.20. The Bertz CT molecular complexity index is 386. The van der Waals surface area contributed by atoms with Gasteiger partial charge in [0.05, 0.1) is 0 Å². The summed E-state index contributed by atoms with van der Waals surface area (Å²) in [6.07, 6.45) is 7.83. The summed E-state index contributed by atoms with van der Waals surface area (Å²) in [5.41, 5.74) is 2.58. The molecule has 0 spiro atoms. The Kier molecular flexibility index (Phi) is 5.84. The van der Waals surface area contributed by atoms with Crippen molar-refractivity contribution in [3.8, 4) is 0 Å². The van der Waals surface area contributed by atoms with E-state index in [1.165, 1.54) is 36.9 Å². The molecule has 0 saturated heterocycles. The lowest BCUT2D eigenvalue weighted by molar-refractivity contribution is 0.544. The van der Waals surface area contributed by atoms with E-state index in [4.69, 9.17) is 4.98 Å². The van der Waals surface area contributed by atoms with Gasteiger partial charge in [0.2, 0.25) is 0 Å². The van der Waals surface area contributed by atoms with Crippen molar-refractivity contribution in [3.63, 3.8) is 0 Å². The molecule has 0 atom stereocenters. The summed E-state index contributed by atoms with van der Waals surface area (Å²) in [6, 6.07) is 4.48. The molecular formula is C17H29N3. The first-order valence-electron chi connectivity index (χ1n) is 8.08. The van der Waals surface area contributed by atoms with E-state index in [0.29, 0.717) is 0 Å². The zero-order valence-corrected chi connectivity index (χ0v) is 13.3. The van der Waals surface area contributed by atoms with Crippen molar-refractivity contribution in [2.45, 2.75) is 52.0 Å². The number of hydrogen-bond acceptors (Lipinski definition) is 3. The van der Waals surface area contributed by atoms with Crippen LogP contribution < -0.4 is 10.2 Å². The van der Waals surface area contributed by atoms with E-state index in [1.54, 1.807) is 0 Å². The minimum Gasteiger partial charge on any atom is -0.359 e. The topological polar surface area (TPSA) is 28.2 Å². The summed E-state index contributed by atoms with van der Waals surface area (Å²) in [5.74, 6) is 2.01. The van der Waals surface area contributed by atoms with Gasteiger partial charge in [-0.25, -0.2) is 4.98 Å². The summed E-state index contributed by atoms with van der Waals surface area (Å²) in [7, 11) is 4.20. The fourth-order valence-electron chi connectivity index (χ4n) is 3.19. The lowest BCUT2D eigenvalue weighted by atomic mass is 10.1. The summed E-state index contributed by atoms with van der Waals surface area (Å²) in [6.45, 7) is 4.29. The van der Waals surface area contributed by atoms with Crippen LogP contribution >= 0.6 is 0 Å². The zero-order chi connectivity index (χ0) is 14.4. The van der Waals surface area contributed by atoms with Crippen molar-refractivity contribution >= 4 is 5.82 Å². The predicted octanol–water partition coefficient (Wildman–Crippen LogP) is 3.38. The Morgan fingerprint density at radius 1 is 1.30 bits per heavy atom. The largest absolute Gasteiger partial charge is 0.359 e. The second-order valence-electron chi connectivity index (χ2n) is 6.14. The quantitative estimate of drug-likeness (QED) is 0.827. The van der Waals surface area contributed by atoms with Crippen LogP contribution in [0.25, 0.3) is 0 Å². The van der Waals surface area contributed by atoms with Crippen LogP contribution in [0.2, 0.25) is 0 Å². The van der Waals surface area contributed by atoms with Crippen molar-refractivity contribution in [2.24, 2.45) is 5.92 Å². The molecule has 1 saturated carbocycles. The van der Waals surface area contributed by atoms with Crippen molar-refractivity contribution in [1.82, 2.24) is 10.3 Å². The summed E-state index contributed by atoms with van der Waals surface area (Å²) in [5, 5.41) is 3.25. The van der Waals surface area contributed by atoms with Crippen molar-refractivity contribution in [2.75, 3.05) is 25.5 Å². The minimum atomic E-state index is 0.865. The highest BCUT2D eigenvalue weighted by atomic mass is 15.2. The van der Waals surface area contributed by atoms with Gasteiger partial charge in [-0.15, -0.1) is 0 Å². The van der Waals surface area contributed by atoms with E-state index in [1.807, 2.05) is 7.05 Å². The number of aromatic nitrogens is 1. The van der Waals surface area contributed by atoms with Gasteiger partial charge < -0.3 is 10.2 Å². The molecule has 3 nitrogen and oxygen atoms in total. The highest BCUT2D eigenvalue weighted by Crippen LogP contribution is 2.26. The number of nitrogens with one attached hydrogen (secondary N) is 1. The van der Waals surface area contributed by atoms with E-state index >= 15 is 0 Å². The minimum absolute atomic E-state index is 0.865. The van der Waals surface area contributed by atoms with Gasteiger partial charge in [0.15, 0.2) is 0 Å². The monoisotopic (exact) mass is 275 g/mol. The normalized spacial score (nSPS) is 15.8. The van der Waals surface area contributed by atoms with Crippen LogP contribution in [0, 0.1) is 5.92 Å². The molecule has 1 aromatic heterocycles. The molecule has 1 aliphatic carbocycles. The van der Waals surface area contributed by atoms with E-state index < -0.39 is 0 Å². The highest BCUT2D eigenvalue weighted by molar-refractivity contribution is 5.42. The molecule has 1 fully saturated rings. The van der Waals surface area contributed by atoms with Crippen LogP contribution in [0.4, 0.5) is 5.82 Å². The highest BCUT2D eigenvalue weighted by Gasteiger charge is 2.18. The molecule has 1 aliphatic rings. The number of rotatable bonds is 7. The van der Waals surface area contributed by atoms with Gasteiger partial charge in [-0.05, 0) is 49.9 Å². The summed E-state index contributed by atoms with van der Waals surface area (Å²) in [4.78, 5) is 7.20. The smallest absolute Gasteiger partial charge is 0.128 e. The van der Waals surface area contributed by atoms with Gasteiger partial charge in [-0.2, -0.15) is 0 Å². The molecule has 0 radical (unpaired) electrons. The van der Waals surface area contributed by atoms with Crippen LogP contribution in [-0.2, 0) is 13.0 Å². The summed E-state index contributed by atoms with van der Waals surface area (Å²) < 4.78 is 0. The molecule has 0 aromatic carbocycles. The van der Waals surface area contributed by atoms with E-state index in [0.717, 1.165) is 37.7 Å². The fourth-order valence-corrected chi connectivity index (χ4v) is 3.19. The van der Waals surface area contributed by atoms with Gasteiger partial charge in [-0.1, -0.05) is 26.2 Å². The Hall–Kier alpha value is -1.09. The lowest BCUT2D eigenvalue weighted by Gasteiger charge is -2.23. The average Bonchev–Trinajstić information content (AvgIpc) is 2.92. The maximum atomic E-state index is 4.85. The SMILES string of the molecule is CCCc1cc(CNC)cc(N(C)CC2CCCC2)n1. The third-order valence-corrected chi connectivity index (χ3v) is 4.21. The first-order valence-corrected chi connectivity index (χ1v) is 8.08. The molecule has 1 aromatic rings. The number of pyridine rings is 1. The van der Waals surface area contributed by atoms with E-state index in [9.17, 15) is 0 Å². The maximum absolute atomic E-state index is 4.85. The third-order valence-electron chi connectivity index (χ3n) is 4.21. The van der Waals surface area contributed by atoms with E-state index in [-0.39, 0.29) is 0 Å². The van der Waals surface area contributed by atoms with Gasteiger partial charge in [0.1, 0.15) is 5.82 Å². The number of aryl methyl sites for hydroxylation is 1. The number of hydrogen-bond donors (Lipinski definition) is 1. The standard InChI is InChI=1S/C17H29N3/c1-4-7-16-10-15(12-18-2)11-17(19-16)20(3)13-14-8-5-6-9-14/h10-11,14,18H,4-9,12-13H2,1-3H3. The Labute approximate surface area is 123 Å². The molecule has 0 bridgehead atoms. The van der Waals surface area contributed by atoms with Gasteiger partial charge in [0.25, 0.3) is 0 Å². The van der Waals surface area contributed by atoms with Crippen LogP contribution in [0.5, 0.6) is 0 Å². The molecule has 112 valence electrons. The lowest BCUT2D eigenvalue weighted by Crippen LogP contribution is -2.25. The van der Waals surface area contributed by atoms with Crippen LogP contribution in [-0.4, -0.2) is 25.6 Å². The Balaban J connectivity index is 2.10. The van der Waals surface area contributed by atoms with Crippen molar-refractivity contribution < 1.29 is 0 Å². The predicted molar refractivity (Wildman–Crippen MR) is 86.2 cm³/mol. The maximum Gasteiger partial charge on any atom is 0.128 e. The van der Waals surface area contributed by atoms with Gasteiger partial charge in [0, 0.05) is 25.8 Å². The molecule has 0 unspecified atom stereocenters. The van der Waals surface area contributed by atoms with Crippen molar-refractivity contribution in [3.05, 3.63) is 23.4 Å². The number of nitrogens with zero attached hydrogens (tertiary/aromatic N) is 2.